The van der Waals surface area contributed by atoms with Crippen molar-refractivity contribution in [2.24, 2.45) is 7.05 Å². The summed E-state index contributed by atoms with van der Waals surface area (Å²) in [5.74, 6) is 1.22. The van der Waals surface area contributed by atoms with Crippen LogP contribution in [-0.4, -0.2) is 51.4 Å². The maximum absolute atomic E-state index is 12.6. The van der Waals surface area contributed by atoms with Gasteiger partial charge in [0.15, 0.2) is 0 Å². The van der Waals surface area contributed by atoms with Gasteiger partial charge in [-0.3, -0.25) is 9.69 Å². The zero-order chi connectivity index (χ0) is 16.9. The van der Waals surface area contributed by atoms with Crippen molar-refractivity contribution in [3.8, 4) is 0 Å². The number of carbonyl (C=O) groups excluding carboxylic acids is 1. The first-order valence-corrected chi connectivity index (χ1v) is 8.71. The lowest BCUT2D eigenvalue weighted by molar-refractivity contribution is -0.130. The third-order valence-corrected chi connectivity index (χ3v) is 4.90. The predicted molar refractivity (Wildman–Crippen MR) is 94.8 cm³/mol. The Kier molecular flexibility index (Phi) is 5.53. The van der Waals surface area contributed by atoms with E-state index in [4.69, 9.17) is 11.6 Å². The molecule has 6 heteroatoms. The number of benzene rings is 1. The lowest BCUT2D eigenvalue weighted by Gasteiger charge is -2.22. The number of hydrogen-bond donors (Lipinski definition) is 0. The van der Waals surface area contributed by atoms with Gasteiger partial charge in [0, 0.05) is 50.6 Å². The van der Waals surface area contributed by atoms with E-state index in [2.05, 4.69) is 9.88 Å². The zero-order valence-electron chi connectivity index (χ0n) is 14.0. The van der Waals surface area contributed by atoms with Crippen molar-refractivity contribution in [1.82, 2.24) is 19.4 Å². The van der Waals surface area contributed by atoms with Crippen LogP contribution in [-0.2, 0) is 24.8 Å². The molecule has 24 heavy (non-hydrogen) atoms. The molecular weight excluding hydrogens is 324 g/mol. The molecule has 2 aromatic rings. The van der Waals surface area contributed by atoms with E-state index in [-0.39, 0.29) is 5.91 Å². The molecule has 1 aromatic carbocycles. The van der Waals surface area contributed by atoms with Crippen LogP contribution in [0.25, 0.3) is 0 Å². The topological polar surface area (TPSA) is 41.4 Å². The Balaban J connectivity index is 1.56. The molecule has 0 atom stereocenters. The lowest BCUT2D eigenvalue weighted by Crippen LogP contribution is -2.36. The first-order chi connectivity index (χ1) is 11.6. The standard InChI is InChI=1S/C18H23ClN4O/c1-21-10-7-20-17(21)14-22-8-4-9-23(12-11-22)18(24)13-15-5-2-3-6-16(15)19/h2-3,5-7,10H,4,8-9,11-14H2,1H3. The Morgan fingerprint density at radius 2 is 2.04 bits per heavy atom. The average Bonchev–Trinajstić information content (AvgIpc) is 2.83. The Morgan fingerprint density at radius 1 is 1.21 bits per heavy atom. The molecule has 1 saturated heterocycles. The van der Waals surface area contributed by atoms with Crippen molar-refractivity contribution in [3.63, 3.8) is 0 Å². The van der Waals surface area contributed by atoms with Crippen LogP contribution in [0.4, 0.5) is 0 Å². The summed E-state index contributed by atoms with van der Waals surface area (Å²) in [6.45, 7) is 4.26. The average molecular weight is 347 g/mol. The summed E-state index contributed by atoms with van der Waals surface area (Å²) in [6.07, 6.45) is 5.15. The largest absolute Gasteiger partial charge is 0.341 e. The van der Waals surface area contributed by atoms with Gasteiger partial charge in [-0.1, -0.05) is 29.8 Å². The minimum absolute atomic E-state index is 0.155. The summed E-state index contributed by atoms with van der Waals surface area (Å²) in [6, 6.07) is 7.57. The first kappa shape index (κ1) is 17.0. The van der Waals surface area contributed by atoms with Gasteiger partial charge in [-0.15, -0.1) is 0 Å². The van der Waals surface area contributed by atoms with Gasteiger partial charge < -0.3 is 9.47 Å². The maximum atomic E-state index is 12.6. The lowest BCUT2D eigenvalue weighted by atomic mass is 10.1. The van der Waals surface area contributed by atoms with Crippen LogP contribution in [0.5, 0.6) is 0 Å². The molecule has 0 bridgehead atoms. The van der Waals surface area contributed by atoms with Crippen LogP contribution in [0, 0.1) is 0 Å². The summed E-state index contributed by atoms with van der Waals surface area (Å²) < 4.78 is 2.05. The van der Waals surface area contributed by atoms with Crippen molar-refractivity contribution in [3.05, 3.63) is 53.1 Å². The fraction of sp³-hybridized carbons (Fsp3) is 0.444. The molecule has 0 unspecified atom stereocenters. The Bertz CT molecular complexity index is 700. The summed E-state index contributed by atoms with van der Waals surface area (Å²) in [5, 5.41) is 0.664. The van der Waals surface area contributed by atoms with Gasteiger partial charge in [0.25, 0.3) is 0 Å². The highest BCUT2D eigenvalue weighted by Crippen LogP contribution is 2.17. The number of halogens is 1. The van der Waals surface area contributed by atoms with Crippen LogP contribution in [0.2, 0.25) is 5.02 Å². The number of carbonyl (C=O) groups is 1. The molecule has 0 spiro atoms. The van der Waals surface area contributed by atoms with Gasteiger partial charge in [0.2, 0.25) is 5.91 Å². The smallest absolute Gasteiger partial charge is 0.227 e. The molecule has 1 aromatic heterocycles. The van der Waals surface area contributed by atoms with Crippen LogP contribution < -0.4 is 0 Å². The normalized spacial score (nSPS) is 16.2. The third kappa shape index (κ3) is 4.16. The highest BCUT2D eigenvalue weighted by atomic mass is 35.5. The minimum Gasteiger partial charge on any atom is -0.341 e. The van der Waals surface area contributed by atoms with E-state index in [0.29, 0.717) is 11.4 Å². The molecule has 1 amide bonds. The third-order valence-electron chi connectivity index (χ3n) is 4.53. The molecule has 128 valence electrons. The summed E-state index contributed by atoms with van der Waals surface area (Å²) >= 11 is 6.17. The monoisotopic (exact) mass is 346 g/mol. The zero-order valence-corrected chi connectivity index (χ0v) is 14.7. The number of imidazole rings is 1. The highest BCUT2D eigenvalue weighted by Gasteiger charge is 2.20. The quantitative estimate of drug-likeness (QED) is 0.853. The highest BCUT2D eigenvalue weighted by molar-refractivity contribution is 6.31. The molecule has 1 aliphatic heterocycles. The molecular formula is C18H23ClN4O. The van der Waals surface area contributed by atoms with E-state index in [1.54, 1.807) is 0 Å². The van der Waals surface area contributed by atoms with Crippen molar-refractivity contribution in [2.45, 2.75) is 19.4 Å². The first-order valence-electron chi connectivity index (χ1n) is 8.33. The van der Waals surface area contributed by atoms with Crippen LogP contribution in [0.1, 0.15) is 17.8 Å². The Hall–Kier alpha value is -1.85. The minimum atomic E-state index is 0.155. The second kappa shape index (κ2) is 7.81. The van der Waals surface area contributed by atoms with Gasteiger partial charge in [-0.05, 0) is 18.1 Å². The van der Waals surface area contributed by atoms with Gasteiger partial charge in [-0.2, -0.15) is 0 Å². The summed E-state index contributed by atoms with van der Waals surface area (Å²) in [5.41, 5.74) is 0.901. The van der Waals surface area contributed by atoms with Crippen molar-refractivity contribution < 1.29 is 4.79 Å². The molecule has 2 heterocycles. The van der Waals surface area contributed by atoms with E-state index in [9.17, 15) is 4.79 Å². The van der Waals surface area contributed by atoms with Crippen LogP contribution >= 0.6 is 11.6 Å². The molecule has 0 saturated carbocycles. The fourth-order valence-corrected chi connectivity index (χ4v) is 3.25. The second-order valence-corrected chi connectivity index (χ2v) is 6.64. The molecule has 0 aliphatic carbocycles. The van der Waals surface area contributed by atoms with Crippen molar-refractivity contribution >= 4 is 17.5 Å². The van der Waals surface area contributed by atoms with Crippen molar-refractivity contribution in [2.75, 3.05) is 26.2 Å². The van der Waals surface area contributed by atoms with Gasteiger partial charge >= 0.3 is 0 Å². The van der Waals surface area contributed by atoms with E-state index in [1.807, 2.05) is 53.2 Å². The maximum Gasteiger partial charge on any atom is 0.227 e. The molecule has 1 aliphatic rings. The van der Waals surface area contributed by atoms with E-state index >= 15 is 0 Å². The molecule has 3 rings (SSSR count). The van der Waals surface area contributed by atoms with Gasteiger partial charge in [0.1, 0.15) is 5.82 Å². The number of amides is 1. The van der Waals surface area contributed by atoms with Crippen LogP contribution in [0.3, 0.4) is 0 Å². The fourth-order valence-electron chi connectivity index (χ4n) is 3.04. The van der Waals surface area contributed by atoms with E-state index < -0.39 is 0 Å². The number of rotatable bonds is 4. The second-order valence-electron chi connectivity index (χ2n) is 6.23. The van der Waals surface area contributed by atoms with E-state index in [1.165, 1.54) is 0 Å². The number of hydrogen-bond acceptors (Lipinski definition) is 3. The summed E-state index contributed by atoms with van der Waals surface area (Å²) in [4.78, 5) is 21.3. The molecule has 1 fully saturated rings. The van der Waals surface area contributed by atoms with E-state index in [0.717, 1.165) is 50.5 Å². The predicted octanol–water partition coefficient (Wildman–Crippen LogP) is 2.35. The van der Waals surface area contributed by atoms with Crippen molar-refractivity contribution in [1.29, 1.82) is 0 Å². The number of nitrogens with zero attached hydrogens (tertiary/aromatic N) is 4. The Labute approximate surface area is 147 Å². The molecule has 0 N–H and O–H groups in total. The molecule has 5 nitrogen and oxygen atoms in total. The van der Waals surface area contributed by atoms with Crippen LogP contribution in [0.15, 0.2) is 36.7 Å². The number of aromatic nitrogens is 2. The van der Waals surface area contributed by atoms with Gasteiger partial charge in [-0.25, -0.2) is 4.98 Å². The molecule has 0 radical (unpaired) electrons. The Morgan fingerprint density at radius 3 is 2.79 bits per heavy atom. The SMILES string of the molecule is Cn1ccnc1CN1CCCN(C(=O)Cc2ccccc2Cl)CC1. The summed E-state index contributed by atoms with van der Waals surface area (Å²) in [7, 11) is 2.01. The number of aryl methyl sites for hydroxylation is 1. The van der Waals surface area contributed by atoms with Gasteiger partial charge in [0.05, 0.1) is 13.0 Å².